The lowest BCUT2D eigenvalue weighted by Gasteiger charge is -2.28. The molecule has 10 rings (SSSR count). The second-order valence-electron chi connectivity index (χ2n) is 13.7. The number of hydrogen-bond donors (Lipinski definition) is 0. The second-order valence-corrected chi connectivity index (χ2v) is 14.8. The number of hydrogen-bond acceptors (Lipinski definition) is 2. The molecule has 2 heteroatoms. The zero-order chi connectivity index (χ0) is 35.8. The molecule has 1 nitrogen and oxygen atoms in total. The molecule has 10 aromatic rings. The number of thiophene rings is 1. The summed E-state index contributed by atoms with van der Waals surface area (Å²) in [4.78, 5) is 2.42. The van der Waals surface area contributed by atoms with Crippen molar-refractivity contribution in [3.8, 4) is 44.5 Å². The van der Waals surface area contributed by atoms with Crippen molar-refractivity contribution in [2.75, 3.05) is 4.90 Å². The number of rotatable bonds is 7. The lowest BCUT2D eigenvalue weighted by atomic mass is 9.96. The molecule has 0 saturated heterocycles. The molecule has 254 valence electrons. The predicted molar refractivity (Wildman–Crippen MR) is 233 cm³/mol. The van der Waals surface area contributed by atoms with Gasteiger partial charge in [0.2, 0.25) is 0 Å². The largest absolute Gasteiger partial charge is 0.310 e. The Hall–Kier alpha value is -6.74. The molecule has 54 heavy (non-hydrogen) atoms. The molecule has 1 aromatic heterocycles. The van der Waals surface area contributed by atoms with Gasteiger partial charge in [-0.2, -0.15) is 0 Å². The first-order chi connectivity index (χ1) is 26.8. The molecule has 0 N–H and O–H groups in total. The molecule has 0 radical (unpaired) electrons. The number of fused-ring (bicyclic) bond motifs is 4. The molecule has 0 bridgehead atoms. The summed E-state index contributed by atoms with van der Waals surface area (Å²) in [6.07, 6.45) is 0. The Labute approximate surface area is 319 Å². The van der Waals surface area contributed by atoms with Gasteiger partial charge in [0.25, 0.3) is 0 Å². The van der Waals surface area contributed by atoms with Crippen molar-refractivity contribution in [3.63, 3.8) is 0 Å². The molecule has 1 heterocycles. The fourth-order valence-electron chi connectivity index (χ4n) is 7.84. The summed E-state index contributed by atoms with van der Waals surface area (Å²) in [5.41, 5.74) is 13.0. The van der Waals surface area contributed by atoms with Gasteiger partial charge in [-0.3, -0.25) is 0 Å². The second kappa shape index (κ2) is 13.7. The van der Waals surface area contributed by atoms with Gasteiger partial charge in [0.1, 0.15) is 0 Å². The zero-order valence-corrected chi connectivity index (χ0v) is 30.4. The van der Waals surface area contributed by atoms with Crippen molar-refractivity contribution in [1.82, 2.24) is 0 Å². The summed E-state index contributed by atoms with van der Waals surface area (Å²) in [7, 11) is 0. The highest BCUT2D eigenvalue weighted by molar-refractivity contribution is 7.25. The lowest BCUT2D eigenvalue weighted by Crippen LogP contribution is -2.11. The molecule has 0 aliphatic rings. The van der Waals surface area contributed by atoms with E-state index in [4.69, 9.17) is 0 Å². The highest BCUT2D eigenvalue weighted by Gasteiger charge is 2.19. The summed E-state index contributed by atoms with van der Waals surface area (Å²) >= 11 is 1.86. The average Bonchev–Trinajstić information content (AvgIpc) is 3.64. The predicted octanol–water partition coefficient (Wildman–Crippen LogP) is 15.3. The molecule has 0 saturated carbocycles. The monoisotopic (exact) mass is 705 g/mol. The molecule has 0 aliphatic heterocycles. The zero-order valence-electron chi connectivity index (χ0n) is 29.6. The Morgan fingerprint density at radius 1 is 0.315 bits per heavy atom. The topological polar surface area (TPSA) is 3.24 Å². The third-order valence-electron chi connectivity index (χ3n) is 10.5. The van der Waals surface area contributed by atoms with Crippen LogP contribution >= 0.6 is 11.3 Å². The van der Waals surface area contributed by atoms with Gasteiger partial charge in [0, 0.05) is 37.1 Å². The van der Waals surface area contributed by atoms with Crippen LogP contribution in [0.2, 0.25) is 0 Å². The lowest BCUT2D eigenvalue weighted by molar-refractivity contribution is 1.28. The normalized spacial score (nSPS) is 11.3. The molecular formula is C52H35NS. The number of benzene rings is 9. The third-order valence-corrected chi connectivity index (χ3v) is 11.6. The van der Waals surface area contributed by atoms with Crippen LogP contribution in [0.3, 0.4) is 0 Å². The van der Waals surface area contributed by atoms with Crippen molar-refractivity contribution in [1.29, 1.82) is 0 Å². The van der Waals surface area contributed by atoms with Crippen LogP contribution in [0.25, 0.3) is 75.5 Å². The molecule has 0 amide bonds. The van der Waals surface area contributed by atoms with E-state index in [1.165, 1.54) is 75.5 Å². The van der Waals surface area contributed by atoms with Crippen LogP contribution in [-0.2, 0) is 0 Å². The summed E-state index contributed by atoms with van der Waals surface area (Å²) < 4.78 is 2.64. The molecule has 9 aromatic carbocycles. The third kappa shape index (κ3) is 5.84. The highest BCUT2D eigenvalue weighted by atomic mass is 32.1. The molecule has 0 atom stereocenters. The fraction of sp³-hybridized carbons (Fsp3) is 0. The summed E-state index contributed by atoms with van der Waals surface area (Å²) in [5, 5.41) is 5.12. The maximum atomic E-state index is 2.42. The maximum Gasteiger partial charge on any atom is 0.0540 e. The standard InChI is InChI=1S/C52H35NS/c1-2-13-36(14-3-1)40-17-10-18-41(33-40)42-19-11-20-45(35-42)53(49-24-8-6-21-46(49)43-28-27-37-15-4-5-16-39(37)34-43)44-31-29-38(30-32-44)47-23-12-26-51-52(47)48-22-7-9-25-50(48)54-51/h1-35H. The van der Waals surface area contributed by atoms with E-state index in [0.29, 0.717) is 0 Å². The van der Waals surface area contributed by atoms with Crippen LogP contribution in [0.1, 0.15) is 0 Å². The van der Waals surface area contributed by atoms with Gasteiger partial charge in [-0.05, 0) is 104 Å². The van der Waals surface area contributed by atoms with Crippen LogP contribution < -0.4 is 4.90 Å². The van der Waals surface area contributed by atoms with Crippen LogP contribution in [0, 0.1) is 0 Å². The van der Waals surface area contributed by atoms with Crippen molar-refractivity contribution < 1.29 is 0 Å². The van der Waals surface area contributed by atoms with Crippen LogP contribution in [-0.4, -0.2) is 0 Å². The number of para-hydroxylation sites is 1. The van der Waals surface area contributed by atoms with Crippen molar-refractivity contribution in [2.24, 2.45) is 0 Å². The molecule has 0 fully saturated rings. The molecular weight excluding hydrogens is 671 g/mol. The summed E-state index contributed by atoms with van der Waals surface area (Å²) in [5.74, 6) is 0. The van der Waals surface area contributed by atoms with Gasteiger partial charge in [-0.15, -0.1) is 11.3 Å². The first-order valence-corrected chi connectivity index (χ1v) is 19.2. The van der Waals surface area contributed by atoms with Crippen molar-refractivity contribution in [2.45, 2.75) is 0 Å². The van der Waals surface area contributed by atoms with Gasteiger partial charge in [-0.1, -0.05) is 158 Å². The Kier molecular flexibility index (Phi) is 8.09. The molecule has 0 unspecified atom stereocenters. The quantitative estimate of drug-likeness (QED) is 0.160. The smallest absolute Gasteiger partial charge is 0.0540 e. The number of nitrogens with zero attached hydrogens (tertiary/aromatic N) is 1. The van der Waals surface area contributed by atoms with E-state index >= 15 is 0 Å². The Balaban J connectivity index is 1.12. The molecule has 0 spiro atoms. The van der Waals surface area contributed by atoms with Crippen LogP contribution in [0.4, 0.5) is 17.1 Å². The highest BCUT2D eigenvalue weighted by Crippen LogP contribution is 2.44. The van der Waals surface area contributed by atoms with E-state index in [0.717, 1.165) is 17.1 Å². The van der Waals surface area contributed by atoms with Gasteiger partial charge in [0.05, 0.1) is 5.69 Å². The van der Waals surface area contributed by atoms with Crippen LogP contribution in [0.5, 0.6) is 0 Å². The Bertz CT molecular complexity index is 2940. The Morgan fingerprint density at radius 2 is 0.926 bits per heavy atom. The Morgan fingerprint density at radius 3 is 1.80 bits per heavy atom. The minimum Gasteiger partial charge on any atom is -0.310 e. The van der Waals surface area contributed by atoms with E-state index in [-0.39, 0.29) is 0 Å². The fourth-order valence-corrected chi connectivity index (χ4v) is 8.97. The van der Waals surface area contributed by atoms with E-state index in [9.17, 15) is 0 Å². The van der Waals surface area contributed by atoms with Gasteiger partial charge in [-0.25, -0.2) is 0 Å². The van der Waals surface area contributed by atoms with Crippen molar-refractivity contribution in [3.05, 3.63) is 212 Å². The minimum absolute atomic E-state index is 1.10. The maximum absolute atomic E-state index is 2.42. The summed E-state index contributed by atoms with van der Waals surface area (Å²) in [6, 6.07) is 77.2. The van der Waals surface area contributed by atoms with E-state index in [1.807, 2.05) is 11.3 Å². The average molecular weight is 706 g/mol. The first kappa shape index (κ1) is 32.0. The number of anilines is 3. The van der Waals surface area contributed by atoms with E-state index in [2.05, 4.69) is 217 Å². The van der Waals surface area contributed by atoms with Gasteiger partial charge < -0.3 is 4.90 Å². The first-order valence-electron chi connectivity index (χ1n) is 18.4. The van der Waals surface area contributed by atoms with E-state index < -0.39 is 0 Å². The van der Waals surface area contributed by atoms with Crippen LogP contribution in [0.15, 0.2) is 212 Å². The van der Waals surface area contributed by atoms with Gasteiger partial charge in [0.15, 0.2) is 0 Å². The summed E-state index contributed by atoms with van der Waals surface area (Å²) in [6.45, 7) is 0. The molecule has 0 aliphatic carbocycles. The minimum atomic E-state index is 1.10. The van der Waals surface area contributed by atoms with Crippen molar-refractivity contribution >= 4 is 59.3 Å². The van der Waals surface area contributed by atoms with Gasteiger partial charge >= 0.3 is 0 Å². The van der Waals surface area contributed by atoms with E-state index in [1.54, 1.807) is 0 Å². The SMILES string of the molecule is c1ccc(-c2cccc(-c3cccc(N(c4ccc(-c5cccc6sc7ccccc7c56)cc4)c4ccccc4-c4ccc5ccccc5c4)c3)c2)cc1.